The summed E-state index contributed by atoms with van der Waals surface area (Å²) >= 11 is 1.46. The van der Waals surface area contributed by atoms with Crippen molar-refractivity contribution in [2.24, 2.45) is 10.7 Å². The fourth-order valence-corrected chi connectivity index (χ4v) is 3.43. The first kappa shape index (κ1) is 18.6. The zero-order valence-electron chi connectivity index (χ0n) is 15.1. The van der Waals surface area contributed by atoms with E-state index in [4.69, 9.17) is 10.2 Å². The third-order valence-electron chi connectivity index (χ3n) is 4.15. The van der Waals surface area contributed by atoms with Crippen LogP contribution in [0.5, 0.6) is 0 Å². The molecule has 0 amide bonds. The van der Waals surface area contributed by atoms with Gasteiger partial charge in [-0.3, -0.25) is 4.99 Å². The van der Waals surface area contributed by atoms with Gasteiger partial charge in [-0.1, -0.05) is 32.5 Å². The van der Waals surface area contributed by atoms with Crippen molar-refractivity contribution in [3.8, 4) is 0 Å². The molecule has 130 valence electrons. The predicted octanol–water partition coefficient (Wildman–Crippen LogP) is 4.57. The number of nitrogens with zero attached hydrogens (tertiary/aromatic N) is 1. The largest absolute Gasteiger partial charge is 0.423 e. The molecule has 1 atom stereocenters. The molecule has 0 spiro atoms. The van der Waals surface area contributed by atoms with Gasteiger partial charge in [0.1, 0.15) is 5.58 Å². The van der Waals surface area contributed by atoms with Gasteiger partial charge in [-0.05, 0) is 55.0 Å². The van der Waals surface area contributed by atoms with E-state index in [0.29, 0.717) is 22.4 Å². The normalized spacial score (nSPS) is 13.7. The fourth-order valence-electron chi connectivity index (χ4n) is 2.63. The summed E-state index contributed by atoms with van der Waals surface area (Å²) in [5.41, 5.74) is 9.65. The lowest BCUT2D eigenvalue weighted by Gasteiger charge is -2.13. The molecule has 2 aromatic rings. The molecule has 0 saturated heterocycles. The lowest BCUT2D eigenvalue weighted by molar-refractivity contribution is 0.559. The van der Waals surface area contributed by atoms with Crippen molar-refractivity contribution >= 4 is 27.9 Å². The Hall–Kier alpha value is -1.75. The molecule has 2 rings (SSSR count). The van der Waals surface area contributed by atoms with Gasteiger partial charge in [0.25, 0.3) is 0 Å². The smallest absolute Gasteiger partial charge is 0.336 e. The number of aryl methyl sites for hydroxylation is 1. The lowest BCUT2D eigenvalue weighted by Crippen LogP contribution is -2.11. The van der Waals surface area contributed by atoms with E-state index in [0.717, 1.165) is 22.9 Å². The quantitative estimate of drug-likeness (QED) is 0.489. The zero-order valence-corrected chi connectivity index (χ0v) is 15.9. The molecule has 0 aliphatic carbocycles. The van der Waals surface area contributed by atoms with E-state index in [-0.39, 0.29) is 11.7 Å². The van der Waals surface area contributed by atoms with Gasteiger partial charge in [-0.15, -0.1) is 0 Å². The number of rotatable bonds is 5. The summed E-state index contributed by atoms with van der Waals surface area (Å²) in [5.74, 6) is 1.02. The van der Waals surface area contributed by atoms with Crippen molar-refractivity contribution in [1.29, 1.82) is 0 Å². The van der Waals surface area contributed by atoms with E-state index in [1.807, 2.05) is 19.9 Å². The van der Waals surface area contributed by atoms with Crippen molar-refractivity contribution < 1.29 is 4.42 Å². The first-order chi connectivity index (χ1) is 11.3. The van der Waals surface area contributed by atoms with E-state index in [1.54, 1.807) is 6.07 Å². The number of nitrogens with two attached hydrogens (primary N) is 1. The van der Waals surface area contributed by atoms with Gasteiger partial charge in [-0.25, -0.2) is 4.79 Å². The van der Waals surface area contributed by atoms with Gasteiger partial charge in [0.05, 0.1) is 0 Å². The lowest BCUT2D eigenvalue weighted by atomic mass is 9.95. The Morgan fingerprint density at radius 2 is 2.00 bits per heavy atom. The van der Waals surface area contributed by atoms with Crippen LogP contribution in [0.2, 0.25) is 0 Å². The molecular weight excluding hydrogens is 320 g/mol. The summed E-state index contributed by atoms with van der Waals surface area (Å²) in [6.45, 7) is 10.5. The number of aliphatic imine (C=N–C) groups is 1. The molecule has 1 heterocycles. The van der Waals surface area contributed by atoms with Crippen molar-refractivity contribution in [3.05, 3.63) is 45.3 Å². The van der Waals surface area contributed by atoms with Crippen molar-refractivity contribution in [3.63, 3.8) is 0 Å². The highest BCUT2D eigenvalue weighted by Gasteiger charge is 2.12. The SMILES string of the molecule is CC[C@@H](C)N=C(N)SCc1cc(=O)oc2cc(C)c(C(C)C)cc12. The molecule has 0 aliphatic rings. The second kappa shape index (κ2) is 7.88. The minimum absolute atomic E-state index is 0.213. The Kier molecular flexibility index (Phi) is 6.10. The molecule has 0 unspecified atom stereocenters. The average Bonchev–Trinajstić information content (AvgIpc) is 2.51. The number of hydrogen-bond donors (Lipinski definition) is 1. The molecule has 1 aromatic heterocycles. The summed E-state index contributed by atoms with van der Waals surface area (Å²) in [6.07, 6.45) is 0.955. The summed E-state index contributed by atoms with van der Waals surface area (Å²) < 4.78 is 5.38. The van der Waals surface area contributed by atoms with Gasteiger partial charge in [0.15, 0.2) is 5.17 Å². The van der Waals surface area contributed by atoms with Crippen LogP contribution in [0, 0.1) is 6.92 Å². The molecule has 1 aromatic carbocycles. The highest BCUT2D eigenvalue weighted by atomic mass is 32.2. The fraction of sp³-hybridized carbons (Fsp3) is 0.474. The van der Waals surface area contributed by atoms with E-state index in [9.17, 15) is 4.79 Å². The molecule has 24 heavy (non-hydrogen) atoms. The monoisotopic (exact) mass is 346 g/mol. The van der Waals surface area contributed by atoms with E-state index < -0.39 is 0 Å². The zero-order chi connectivity index (χ0) is 17.9. The second-order valence-electron chi connectivity index (χ2n) is 6.46. The molecule has 0 radical (unpaired) electrons. The van der Waals surface area contributed by atoms with Gasteiger partial charge in [-0.2, -0.15) is 0 Å². The van der Waals surface area contributed by atoms with Crippen LogP contribution in [0.4, 0.5) is 0 Å². The van der Waals surface area contributed by atoms with Crippen LogP contribution in [0.25, 0.3) is 11.0 Å². The van der Waals surface area contributed by atoms with Crippen LogP contribution in [0.15, 0.2) is 32.4 Å². The summed E-state index contributed by atoms with van der Waals surface area (Å²) in [6, 6.07) is 5.86. The number of benzene rings is 1. The Labute approximate surface area is 147 Å². The molecule has 0 fully saturated rings. The molecule has 5 heteroatoms. The minimum Gasteiger partial charge on any atom is -0.423 e. The number of amidine groups is 1. The Balaban J connectivity index is 2.40. The summed E-state index contributed by atoms with van der Waals surface area (Å²) in [5, 5.41) is 1.54. The first-order valence-corrected chi connectivity index (χ1v) is 9.33. The number of thioether (sulfide) groups is 1. The maximum atomic E-state index is 11.9. The molecule has 0 bridgehead atoms. The topological polar surface area (TPSA) is 68.6 Å². The van der Waals surface area contributed by atoms with Crippen molar-refractivity contribution in [2.45, 2.75) is 58.8 Å². The minimum atomic E-state index is -0.327. The molecular formula is C19H26N2O2S. The second-order valence-corrected chi connectivity index (χ2v) is 7.46. The van der Waals surface area contributed by atoms with Gasteiger partial charge in [0.2, 0.25) is 0 Å². The maximum absolute atomic E-state index is 11.9. The van der Waals surface area contributed by atoms with Crippen LogP contribution in [0.1, 0.15) is 56.7 Å². The Bertz CT molecular complexity index is 809. The van der Waals surface area contributed by atoms with Gasteiger partial charge in [0, 0.05) is 23.2 Å². The number of hydrogen-bond acceptors (Lipinski definition) is 4. The maximum Gasteiger partial charge on any atom is 0.336 e. The standard InChI is InChI=1S/C19H26N2O2S/c1-6-13(5)21-19(20)24-10-14-8-18(22)23-17-7-12(4)15(11(2)3)9-16(14)17/h7-9,11,13H,6,10H2,1-5H3,(H2,20,21)/t13-/m1/s1. The molecule has 2 N–H and O–H groups in total. The predicted molar refractivity (Wildman–Crippen MR) is 104 cm³/mol. The molecule has 0 aliphatic heterocycles. The van der Waals surface area contributed by atoms with Crippen LogP contribution >= 0.6 is 11.8 Å². The third kappa shape index (κ3) is 4.41. The Morgan fingerprint density at radius 1 is 1.29 bits per heavy atom. The van der Waals surface area contributed by atoms with Gasteiger partial charge >= 0.3 is 5.63 Å². The van der Waals surface area contributed by atoms with E-state index in [2.05, 4.69) is 31.8 Å². The van der Waals surface area contributed by atoms with Crippen LogP contribution in [0.3, 0.4) is 0 Å². The van der Waals surface area contributed by atoms with Gasteiger partial charge < -0.3 is 10.2 Å². The Morgan fingerprint density at radius 3 is 2.62 bits per heavy atom. The molecule has 4 nitrogen and oxygen atoms in total. The van der Waals surface area contributed by atoms with Crippen LogP contribution in [-0.4, -0.2) is 11.2 Å². The van der Waals surface area contributed by atoms with E-state index >= 15 is 0 Å². The van der Waals surface area contributed by atoms with Crippen molar-refractivity contribution in [2.75, 3.05) is 0 Å². The summed E-state index contributed by atoms with van der Waals surface area (Å²) in [4.78, 5) is 16.3. The highest BCUT2D eigenvalue weighted by molar-refractivity contribution is 8.13. The molecule has 0 saturated carbocycles. The third-order valence-corrected chi connectivity index (χ3v) is 5.01. The average molecular weight is 346 g/mol. The number of fused-ring (bicyclic) bond motifs is 1. The first-order valence-electron chi connectivity index (χ1n) is 8.35. The van der Waals surface area contributed by atoms with Crippen LogP contribution < -0.4 is 11.4 Å². The van der Waals surface area contributed by atoms with Crippen molar-refractivity contribution in [1.82, 2.24) is 0 Å². The summed E-state index contributed by atoms with van der Waals surface area (Å²) in [7, 11) is 0. The van der Waals surface area contributed by atoms with Crippen LogP contribution in [-0.2, 0) is 5.75 Å². The van der Waals surface area contributed by atoms with E-state index in [1.165, 1.54) is 17.3 Å². The highest BCUT2D eigenvalue weighted by Crippen LogP contribution is 2.28.